The second-order valence-corrected chi connectivity index (χ2v) is 26.8. The molecule has 0 aromatic heterocycles. The molecule has 3 nitrogen and oxygen atoms in total. The highest BCUT2D eigenvalue weighted by Gasteiger charge is 2.58. The molecule has 2 unspecified atom stereocenters. The molecular weight excluding hydrogens is 990 g/mol. The summed E-state index contributed by atoms with van der Waals surface area (Å²) >= 11 is 0. The Labute approximate surface area is 487 Å². The normalized spacial score (nSPS) is 19.5. The molecule has 5 aliphatic rings. The summed E-state index contributed by atoms with van der Waals surface area (Å²) in [6, 6.07) is 86.4. The number of hydrogen-bond acceptors (Lipinski definition) is 3. The van der Waals surface area contributed by atoms with Crippen LogP contribution in [0, 0.1) is 0 Å². The number of benzene rings is 10. The van der Waals surface area contributed by atoms with Gasteiger partial charge < -0.3 is 14.7 Å². The van der Waals surface area contributed by atoms with Crippen LogP contribution >= 0.6 is 0 Å². The summed E-state index contributed by atoms with van der Waals surface area (Å²) in [5.74, 6) is 0. The van der Waals surface area contributed by atoms with Crippen LogP contribution in [0.3, 0.4) is 0 Å². The molecule has 82 heavy (non-hydrogen) atoms. The predicted octanol–water partition coefficient (Wildman–Crippen LogP) is 18.8. The zero-order chi connectivity index (χ0) is 56.1. The standard InChI is InChI=1S/C78H72BN3/c1-74(2,3)56-38-42-67(59(46-56)54-29-17-12-18-30-54)81-70-50-64-63(75(4,5)60-31-19-20-32-61(60)76(64,6)7)49-66(70)79-65-45-55(52-27-15-11-16-28-52)37-41-69(65)80(57-39-35-53(36-40-57)51-25-13-10-14-26-51)71-47-58(48-72(81)73(71)79)82-68-34-22-21-33-62(68)77(8)43-23-24-44-78(77,82)9/h10-22,25-42,45-50H,23-24,43-44H2,1-9H3. The third-order valence-electron chi connectivity index (χ3n) is 20.6. The summed E-state index contributed by atoms with van der Waals surface area (Å²) in [6.07, 6.45) is 4.71. The fraction of sp³-hybridized carbons (Fsp3) is 0.231. The van der Waals surface area contributed by atoms with E-state index in [1.165, 1.54) is 136 Å². The highest BCUT2D eigenvalue weighted by molar-refractivity contribution is 7.00. The lowest BCUT2D eigenvalue weighted by atomic mass is 9.33. The molecule has 0 amide bonds. The lowest BCUT2D eigenvalue weighted by Gasteiger charge is -2.51. The van der Waals surface area contributed by atoms with Gasteiger partial charge in [-0.1, -0.05) is 238 Å². The Kier molecular flexibility index (Phi) is 11.2. The van der Waals surface area contributed by atoms with Gasteiger partial charge in [0.1, 0.15) is 0 Å². The molecule has 1 saturated carbocycles. The van der Waals surface area contributed by atoms with Gasteiger partial charge in [0.05, 0.1) is 11.2 Å². The van der Waals surface area contributed by atoms with Crippen LogP contribution in [-0.4, -0.2) is 12.3 Å². The van der Waals surface area contributed by atoms with Crippen LogP contribution in [0.25, 0.3) is 33.4 Å². The van der Waals surface area contributed by atoms with E-state index in [1.54, 1.807) is 0 Å². The van der Waals surface area contributed by atoms with E-state index in [0.717, 1.165) is 18.5 Å². The van der Waals surface area contributed by atoms with E-state index in [9.17, 15) is 0 Å². The summed E-state index contributed by atoms with van der Waals surface area (Å²) in [6.45, 7) is 22.0. The maximum absolute atomic E-state index is 2.81. The first-order valence-corrected chi connectivity index (χ1v) is 30.1. The van der Waals surface area contributed by atoms with Crippen LogP contribution in [0.4, 0.5) is 45.5 Å². The van der Waals surface area contributed by atoms with E-state index in [0.29, 0.717) is 0 Å². The van der Waals surface area contributed by atoms with Crippen molar-refractivity contribution in [3.8, 4) is 33.4 Å². The summed E-state index contributed by atoms with van der Waals surface area (Å²) in [4.78, 5) is 8.18. The van der Waals surface area contributed by atoms with Crippen molar-refractivity contribution in [1.82, 2.24) is 0 Å². The minimum atomic E-state index is -0.277. The smallest absolute Gasteiger partial charge is 0.252 e. The molecule has 0 radical (unpaired) electrons. The van der Waals surface area contributed by atoms with Gasteiger partial charge in [-0.15, -0.1) is 0 Å². The maximum atomic E-state index is 2.81. The van der Waals surface area contributed by atoms with Gasteiger partial charge >= 0.3 is 0 Å². The van der Waals surface area contributed by atoms with Gasteiger partial charge in [-0.05, 0) is 157 Å². The van der Waals surface area contributed by atoms with E-state index < -0.39 is 0 Å². The molecule has 0 saturated heterocycles. The molecular formula is C78H72BN3. The van der Waals surface area contributed by atoms with Crippen molar-refractivity contribution in [2.75, 3.05) is 14.7 Å². The molecule has 4 heteroatoms. The van der Waals surface area contributed by atoms with Crippen LogP contribution < -0.4 is 31.1 Å². The van der Waals surface area contributed by atoms with Crippen molar-refractivity contribution in [1.29, 1.82) is 0 Å². The maximum Gasteiger partial charge on any atom is 0.252 e. The summed E-state index contributed by atoms with van der Waals surface area (Å²) in [5, 5.41) is 0. The largest absolute Gasteiger partial charge is 0.334 e. The van der Waals surface area contributed by atoms with Crippen LogP contribution in [0.5, 0.6) is 0 Å². The zero-order valence-corrected chi connectivity index (χ0v) is 49.1. The Morgan fingerprint density at radius 3 is 1.52 bits per heavy atom. The Balaban J connectivity index is 1.10. The van der Waals surface area contributed by atoms with E-state index in [2.05, 4.69) is 301 Å². The number of anilines is 8. The Bertz CT molecular complexity index is 4190. The topological polar surface area (TPSA) is 9.72 Å². The average Bonchev–Trinajstić information content (AvgIpc) is 1.10. The highest BCUT2D eigenvalue weighted by atomic mass is 15.3. The van der Waals surface area contributed by atoms with Crippen LogP contribution in [-0.2, 0) is 21.7 Å². The third-order valence-corrected chi connectivity index (χ3v) is 20.6. The molecule has 3 aliphatic heterocycles. The average molecular weight is 1060 g/mol. The van der Waals surface area contributed by atoms with Crippen LogP contribution in [0.2, 0.25) is 0 Å². The first-order valence-electron chi connectivity index (χ1n) is 30.1. The molecule has 402 valence electrons. The Hall–Kier alpha value is -8.34. The fourth-order valence-electron chi connectivity index (χ4n) is 16.0. The third kappa shape index (κ3) is 7.28. The highest BCUT2D eigenvalue weighted by Crippen LogP contribution is 2.62. The van der Waals surface area contributed by atoms with E-state index >= 15 is 0 Å². The van der Waals surface area contributed by atoms with Crippen LogP contribution in [0.15, 0.2) is 224 Å². The number of para-hydroxylation sites is 1. The van der Waals surface area contributed by atoms with Gasteiger partial charge in [0.25, 0.3) is 6.71 Å². The SMILES string of the molecule is CC(C)(C)c1ccc(N2c3cc4c(cc3B3c5cc(-c6ccccc6)ccc5N(c5ccc(-c6ccccc6)cc5)c5cc(N6c7ccccc7C7(C)CCCCC67C)cc2c53)C(C)(C)c2ccccc2C4(C)C)c(-c2ccccc2)c1. The van der Waals surface area contributed by atoms with Gasteiger partial charge in [0.2, 0.25) is 0 Å². The first-order chi connectivity index (χ1) is 39.6. The van der Waals surface area contributed by atoms with Gasteiger partial charge in [0.15, 0.2) is 0 Å². The fourth-order valence-corrected chi connectivity index (χ4v) is 16.0. The number of fused-ring (bicyclic) bond motifs is 9. The monoisotopic (exact) mass is 1060 g/mol. The Morgan fingerprint density at radius 1 is 0.366 bits per heavy atom. The Morgan fingerprint density at radius 2 is 0.878 bits per heavy atom. The number of hydrogen-bond donors (Lipinski definition) is 0. The summed E-state index contributed by atoms with van der Waals surface area (Å²) in [5.41, 5.74) is 28.7. The van der Waals surface area contributed by atoms with Crippen molar-refractivity contribution >= 4 is 68.6 Å². The molecule has 2 aliphatic carbocycles. The molecule has 0 spiro atoms. The van der Waals surface area contributed by atoms with Crippen molar-refractivity contribution in [2.24, 2.45) is 0 Å². The van der Waals surface area contributed by atoms with Gasteiger partial charge in [-0.2, -0.15) is 0 Å². The second-order valence-electron chi connectivity index (χ2n) is 26.8. The molecule has 10 aromatic carbocycles. The minimum Gasteiger partial charge on any atom is -0.334 e. The molecule has 0 bridgehead atoms. The van der Waals surface area contributed by atoms with Gasteiger partial charge in [-0.25, -0.2) is 0 Å². The van der Waals surface area contributed by atoms with Crippen LogP contribution in [0.1, 0.15) is 121 Å². The lowest BCUT2D eigenvalue weighted by Crippen LogP contribution is -2.62. The minimum absolute atomic E-state index is 0.0335. The second kappa shape index (κ2) is 18.1. The first kappa shape index (κ1) is 50.6. The predicted molar refractivity (Wildman–Crippen MR) is 349 cm³/mol. The quantitative estimate of drug-likeness (QED) is 0.154. The van der Waals surface area contributed by atoms with E-state index in [1.807, 2.05) is 0 Å². The molecule has 0 N–H and O–H groups in total. The molecule has 10 aromatic rings. The summed E-state index contributed by atoms with van der Waals surface area (Å²) in [7, 11) is 0. The van der Waals surface area contributed by atoms with Gasteiger partial charge in [-0.3, -0.25) is 0 Å². The molecule has 1 fully saturated rings. The number of rotatable bonds is 6. The van der Waals surface area contributed by atoms with Crippen molar-refractivity contribution in [2.45, 2.75) is 115 Å². The van der Waals surface area contributed by atoms with E-state index in [4.69, 9.17) is 0 Å². The zero-order valence-electron chi connectivity index (χ0n) is 49.1. The van der Waals surface area contributed by atoms with Gasteiger partial charge in [0, 0.05) is 61.6 Å². The molecule has 2 atom stereocenters. The van der Waals surface area contributed by atoms with E-state index in [-0.39, 0.29) is 33.9 Å². The molecule has 15 rings (SSSR count). The summed E-state index contributed by atoms with van der Waals surface area (Å²) < 4.78 is 0. The van der Waals surface area contributed by atoms with Crippen molar-refractivity contribution in [3.63, 3.8) is 0 Å². The molecule has 3 heterocycles. The van der Waals surface area contributed by atoms with Crippen molar-refractivity contribution in [3.05, 3.63) is 258 Å². The lowest BCUT2D eigenvalue weighted by molar-refractivity contribution is 0.195. The number of nitrogens with zero attached hydrogens (tertiary/aromatic N) is 3. The van der Waals surface area contributed by atoms with Crippen molar-refractivity contribution < 1.29 is 0 Å².